The van der Waals surface area contributed by atoms with Gasteiger partial charge in [0.2, 0.25) is 0 Å². The van der Waals surface area contributed by atoms with Crippen LogP contribution in [0.25, 0.3) is 10.9 Å². The van der Waals surface area contributed by atoms with Gasteiger partial charge in [-0.25, -0.2) is 0 Å². The lowest BCUT2D eigenvalue weighted by molar-refractivity contribution is 0.726. The maximum Gasteiger partial charge on any atom is 0.0956 e. The Labute approximate surface area is 121 Å². The average Bonchev–Trinajstić information content (AvgIpc) is 3.06. The van der Waals surface area contributed by atoms with Gasteiger partial charge in [0.15, 0.2) is 0 Å². The normalized spacial score (nSPS) is 21.6. The van der Waals surface area contributed by atoms with E-state index in [1.807, 2.05) is 18.3 Å². The number of nitrogen functional groups attached to an aromatic ring is 1. The summed E-state index contributed by atoms with van der Waals surface area (Å²) in [7, 11) is 2.14. The Morgan fingerprint density at radius 2 is 2.21 bits per heavy atom. The van der Waals surface area contributed by atoms with E-state index in [1.54, 1.807) is 0 Å². The minimum Gasteiger partial charge on any atom is -0.398 e. The molecule has 1 aromatic heterocycles. The molecule has 0 bridgehead atoms. The van der Waals surface area contributed by atoms with Gasteiger partial charge < -0.3 is 10.6 Å². The van der Waals surface area contributed by atoms with E-state index >= 15 is 0 Å². The maximum atomic E-state index is 6.05. The number of nitrogens with zero attached hydrogens (tertiary/aromatic N) is 2. The molecule has 1 aromatic carbocycles. The molecule has 2 N–H and O–H groups in total. The molecule has 2 atom stereocenters. The van der Waals surface area contributed by atoms with Crippen LogP contribution in [0, 0.1) is 11.8 Å². The molecular weight excluding hydrogens is 302 g/mol. The molecule has 4 heteroatoms. The first-order valence-corrected chi connectivity index (χ1v) is 7.40. The van der Waals surface area contributed by atoms with E-state index in [0.717, 1.165) is 45.1 Å². The predicted octanol–water partition coefficient (Wildman–Crippen LogP) is 3.67. The van der Waals surface area contributed by atoms with Gasteiger partial charge in [0, 0.05) is 35.3 Å². The Morgan fingerprint density at radius 1 is 1.47 bits per heavy atom. The number of nitrogens with two attached hydrogens (primary N) is 1. The number of fused-ring (bicyclic) bond motifs is 1. The molecule has 1 heterocycles. The van der Waals surface area contributed by atoms with E-state index in [4.69, 9.17) is 5.73 Å². The molecular formula is C15H18BrN3. The quantitative estimate of drug-likeness (QED) is 0.878. The minimum atomic E-state index is 0.778. The largest absolute Gasteiger partial charge is 0.398 e. The van der Waals surface area contributed by atoms with E-state index in [0.29, 0.717) is 0 Å². The number of halogens is 1. The molecule has 1 saturated carbocycles. The summed E-state index contributed by atoms with van der Waals surface area (Å²) in [6, 6.07) is 6.08. The Balaban J connectivity index is 2.01. The van der Waals surface area contributed by atoms with Crippen molar-refractivity contribution in [2.24, 2.45) is 11.8 Å². The first-order valence-electron chi connectivity index (χ1n) is 6.61. The van der Waals surface area contributed by atoms with Crippen LogP contribution in [0.2, 0.25) is 0 Å². The van der Waals surface area contributed by atoms with Crippen molar-refractivity contribution in [2.75, 3.05) is 24.2 Å². The lowest BCUT2D eigenvalue weighted by atomic mass is 10.1. The lowest BCUT2D eigenvalue weighted by Gasteiger charge is -2.21. The first kappa shape index (κ1) is 12.7. The van der Waals surface area contributed by atoms with Crippen molar-refractivity contribution in [3.05, 3.63) is 28.9 Å². The fourth-order valence-electron chi connectivity index (χ4n) is 2.61. The number of pyridine rings is 1. The van der Waals surface area contributed by atoms with Crippen LogP contribution in [0.5, 0.6) is 0 Å². The Bertz CT molecular complexity index is 626. The van der Waals surface area contributed by atoms with Crippen molar-refractivity contribution in [3.8, 4) is 0 Å². The van der Waals surface area contributed by atoms with Crippen molar-refractivity contribution in [1.29, 1.82) is 0 Å². The van der Waals surface area contributed by atoms with Crippen molar-refractivity contribution < 1.29 is 0 Å². The highest BCUT2D eigenvalue weighted by molar-refractivity contribution is 9.10. The summed E-state index contributed by atoms with van der Waals surface area (Å²) in [6.07, 6.45) is 3.18. The molecule has 0 aliphatic heterocycles. The number of anilines is 2. The Kier molecular flexibility index (Phi) is 3.13. The zero-order chi connectivity index (χ0) is 13.6. The summed E-state index contributed by atoms with van der Waals surface area (Å²) in [6.45, 7) is 3.41. The summed E-state index contributed by atoms with van der Waals surface area (Å²) >= 11 is 3.45. The first-order chi connectivity index (χ1) is 9.06. The fraction of sp³-hybridized carbons (Fsp3) is 0.400. The smallest absolute Gasteiger partial charge is 0.0956 e. The SMILES string of the molecule is CC1CC1CN(C)c1ccc(N)c2cc(Br)cnc12. The number of hydrogen-bond donors (Lipinski definition) is 1. The zero-order valence-corrected chi connectivity index (χ0v) is 12.8. The third-order valence-corrected chi connectivity index (χ3v) is 4.46. The monoisotopic (exact) mass is 319 g/mol. The molecule has 100 valence electrons. The van der Waals surface area contributed by atoms with Gasteiger partial charge in [-0.15, -0.1) is 0 Å². The summed E-state index contributed by atoms with van der Waals surface area (Å²) in [5, 5.41) is 1.02. The molecule has 1 aliphatic rings. The van der Waals surface area contributed by atoms with Gasteiger partial charge in [0.1, 0.15) is 0 Å². The van der Waals surface area contributed by atoms with E-state index in [1.165, 1.54) is 6.42 Å². The highest BCUT2D eigenvalue weighted by atomic mass is 79.9. The summed E-state index contributed by atoms with van der Waals surface area (Å²) in [5.41, 5.74) is 8.98. The van der Waals surface area contributed by atoms with Crippen LogP contribution in [0.4, 0.5) is 11.4 Å². The number of benzene rings is 1. The van der Waals surface area contributed by atoms with Crippen LogP contribution >= 0.6 is 15.9 Å². The van der Waals surface area contributed by atoms with Crippen molar-refractivity contribution in [1.82, 2.24) is 4.98 Å². The van der Waals surface area contributed by atoms with E-state index in [9.17, 15) is 0 Å². The number of rotatable bonds is 3. The van der Waals surface area contributed by atoms with Crippen LogP contribution in [0.1, 0.15) is 13.3 Å². The molecule has 1 fully saturated rings. The molecule has 0 saturated heterocycles. The van der Waals surface area contributed by atoms with Crippen LogP contribution in [0.15, 0.2) is 28.9 Å². The third-order valence-electron chi connectivity index (χ3n) is 4.02. The maximum absolute atomic E-state index is 6.05. The molecule has 0 radical (unpaired) electrons. The zero-order valence-electron chi connectivity index (χ0n) is 11.2. The van der Waals surface area contributed by atoms with Gasteiger partial charge in [-0.2, -0.15) is 0 Å². The number of hydrogen-bond acceptors (Lipinski definition) is 3. The summed E-state index contributed by atoms with van der Waals surface area (Å²) < 4.78 is 0.960. The second-order valence-corrected chi connectivity index (χ2v) is 6.49. The Morgan fingerprint density at radius 3 is 2.89 bits per heavy atom. The van der Waals surface area contributed by atoms with Gasteiger partial charge in [-0.3, -0.25) is 4.98 Å². The molecule has 0 spiro atoms. The average molecular weight is 320 g/mol. The topological polar surface area (TPSA) is 42.1 Å². The standard InChI is InChI=1S/C15H18BrN3/c1-9-5-10(9)8-19(2)14-4-3-13(17)12-6-11(16)7-18-15(12)14/h3-4,6-7,9-10H,5,8,17H2,1-2H3. The molecule has 19 heavy (non-hydrogen) atoms. The van der Waals surface area contributed by atoms with E-state index in [-0.39, 0.29) is 0 Å². The van der Waals surface area contributed by atoms with Gasteiger partial charge in [0.25, 0.3) is 0 Å². The molecule has 3 nitrogen and oxygen atoms in total. The Hall–Kier alpha value is -1.29. The predicted molar refractivity (Wildman–Crippen MR) is 84.4 cm³/mol. The summed E-state index contributed by atoms with van der Waals surface area (Å²) in [4.78, 5) is 6.84. The van der Waals surface area contributed by atoms with Crippen LogP contribution in [-0.4, -0.2) is 18.6 Å². The van der Waals surface area contributed by atoms with E-state index in [2.05, 4.69) is 45.9 Å². The van der Waals surface area contributed by atoms with Gasteiger partial charge in [-0.05, 0) is 52.4 Å². The third kappa shape index (κ3) is 2.41. The molecule has 0 amide bonds. The molecule has 1 aliphatic carbocycles. The van der Waals surface area contributed by atoms with Gasteiger partial charge >= 0.3 is 0 Å². The van der Waals surface area contributed by atoms with Crippen molar-refractivity contribution in [3.63, 3.8) is 0 Å². The van der Waals surface area contributed by atoms with Crippen molar-refractivity contribution in [2.45, 2.75) is 13.3 Å². The van der Waals surface area contributed by atoms with Gasteiger partial charge in [0.05, 0.1) is 11.2 Å². The van der Waals surface area contributed by atoms with Crippen LogP contribution < -0.4 is 10.6 Å². The lowest BCUT2D eigenvalue weighted by Crippen LogP contribution is -2.21. The molecule has 2 unspecified atom stereocenters. The van der Waals surface area contributed by atoms with Crippen molar-refractivity contribution >= 4 is 38.2 Å². The van der Waals surface area contributed by atoms with Crippen LogP contribution in [0.3, 0.4) is 0 Å². The fourth-order valence-corrected chi connectivity index (χ4v) is 2.94. The number of aromatic nitrogens is 1. The molecule has 2 aromatic rings. The van der Waals surface area contributed by atoms with Crippen LogP contribution in [-0.2, 0) is 0 Å². The second-order valence-electron chi connectivity index (χ2n) is 5.58. The summed E-state index contributed by atoms with van der Waals surface area (Å²) in [5.74, 6) is 1.69. The van der Waals surface area contributed by atoms with Gasteiger partial charge in [-0.1, -0.05) is 6.92 Å². The molecule has 3 rings (SSSR count). The highest BCUT2D eigenvalue weighted by Crippen LogP contribution is 2.39. The minimum absolute atomic E-state index is 0.778. The second kappa shape index (κ2) is 4.67. The van der Waals surface area contributed by atoms with E-state index < -0.39 is 0 Å². The highest BCUT2D eigenvalue weighted by Gasteiger charge is 2.33.